The van der Waals surface area contributed by atoms with Gasteiger partial charge in [-0.25, -0.2) is 9.18 Å². The molecule has 0 unspecified atom stereocenters. The first-order chi connectivity index (χ1) is 9.81. The Morgan fingerprint density at radius 3 is 2.19 bits per heavy atom. The Bertz CT molecular complexity index is 525. The van der Waals surface area contributed by atoms with Crippen molar-refractivity contribution in [2.75, 3.05) is 0 Å². The van der Waals surface area contributed by atoms with Crippen LogP contribution in [0.25, 0.3) is 0 Å². The minimum atomic E-state index is -1.11. The molecule has 114 valence electrons. The third-order valence-corrected chi connectivity index (χ3v) is 2.99. The molecule has 1 aromatic rings. The number of benzene rings is 1. The predicted molar refractivity (Wildman–Crippen MR) is 74.4 cm³/mol. The minimum absolute atomic E-state index is 0.0537. The fraction of sp³-hybridized carbons (Fsp3) is 0.400. The summed E-state index contributed by atoms with van der Waals surface area (Å²) in [5, 5.41) is 11.3. The minimum Gasteiger partial charge on any atom is -0.480 e. The van der Waals surface area contributed by atoms with Crippen LogP contribution in [0.4, 0.5) is 4.39 Å². The number of Topliss-reactive ketones (excluding diaryl/α,β-unsaturated/α-hetero) is 1. The Hall–Kier alpha value is -2.24. The molecular formula is C15H18FNO4. The fourth-order valence-corrected chi connectivity index (χ4v) is 1.77. The van der Waals surface area contributed by atoms with E-state index in [4.69, 9.17) is 5.11 Å². The van der Waals surface area contributed by atoms with Gasteiger partial charge in [0.2, 0.25) is 5.91 Å². The molecule has 1 aromatic carbocycles. The first-order valence-corrected chi connectivity index (χ1v) is 6.62. The lowest BCUT2D eigenvalue weighted by atomic mass is 10.0. The molecule has 21 heavy (non-hydrogen) atoms. The standard InChI is InChI=1S/C15H18FNO4/c1-9(2)14(15(20)21)17-13(19)8-7-12(18)10-3-5-11(16)6-4-10/h3-6,9,14H,7-8H2,1-2H3,(H,17,19)(H,20,21)/t14-/m0/s1. The van der Waals surface area contributed by atoms with Gasteiger partial charge in [-0.1, -0.05) is 13.8 Å². The van der Waals surface area contributed by atoms with Crippen molar-refractivity contribution in [3.63, 3.8) is 0 Å². The summed E-state index contributed by atoms with van der Waals surface area (Å²) in [6.07, 6.45) is -0.158. The lowest BCUT2D eigenvalue weighted by molar-refractivity contribution is -0.143. The average Bonchev–Trinajstić information content (AvgIpc) is 2.42. The number of rotatable bonds is 7. The third-order valence-electron chi connectivity index (χ3n) is 2.99. The molecule has 0 heterocycles. The monoisotopic (exact) mass is 295 g/mol. The zero-order chi connectivity index (χ0) is 16.0. The number of hydrogen-bond donors (Lipinski definition) is 2. The van der Waals surface area contributed by atoms with Gasteiger partial charge in [0.15, 0.2) is 5.78 Å². The summed E-state index contributed by atoms with van der Waals surface area (Å²) in [4.78, 5) is 34.4. The SMILES string of the molecule is CC(C)[C@H](NC(=O)CCC(=O)c1ccc(F)cc1)C(=O)O. The van der Waals surface area contributed by atoms with Crippen molar-refractivity contribution >= 4 is 17.7 Å². The Balaban J connectivity index is 2.51. The number of amides is 1. The number of hydrogen-bond acceptors (Lipinski definition) is 3. The fourth-order valence-electron chi connectivity index (χ4n) is 1.77. The van der Waals surface area contributed by atoms with Gasteiger partial charge in [-0.15, -0.1) is 0 Å². The Morgan fingerprint density at radius 2 is 1.71 bits per heavy atom. The number of ketones is 1. The van der Waals surface area contributed by atoms with E-state index >= 15 is 0 Å². The summed E-state index contributed by atoms with van der Waals surface area (Å²) in [5.41, 5.74) is 0.322. The van der Waals surface area contributed by atoms with Crippen molar-refractivity contribution in [3.8, 4) is 0 Å². The molecule has 2 N–H and O–H groups in total. The first kappa shape index (κ1) is 16.8. The van der Waals surface area contributed by atoms with Crippen LogP contribution in [0, 0.1) is 11.7 Å². The number of nitrogens with one attached hydrogen (secondary N) is 1. The zero-order valence-electron chi connectivity index (χ0n) is 11.9. The van der Waals surface area contributed by atoms with Crippen LogP contribution >= 0.6 is 0 Å². The molecule has 0 aliphatic heterocycles. The maximum absolute atomic E-state index is 12.7. The van der Waals surface area contributed by atoms with Crippen LogP contribution in [0.15, 0.2) is 24.3 Å². The highest BCUT2D eigenvalue weighted by Gasteiger charge is 2.23. The summed E-state index contributed by atoms with van der Waals surface area (Å²) in [6.45, 7) is 3.37. The molecule has 1 amide bonds. The van der Waals surface area contributed by atoms with Crippen molar-refractivity contribution in [1.29, 1.82) is 0 Å². The van der Waals surface area contributed by atoms with Crippen molar-refractivity contribution in [3.05, 3.63) is 35.6 Å². The number of aliphatic carboxylic acids is 1. The van der Waals surface area contributed by atoms with Gasteiger partial charge in [-0.05, 0) is 30.2 Å². The Kier molecular flexibility index (Phi) is 6.02. The number of halogens is 1. The number of carboxylic acid groups (broad SMARTS) is 1. The van der Waals surface area contributed by atoms with Crippen LogP contribution in [-0.2, 0) is 9.59 Å². The molecule has 0 aliphatic carbocycles. The highest BCUT2D eigenvalue weighted by Crippen LogP contribution is 2.08. The van der Waals surface area contributed by atoms with Crippen LogP contribution in [0.2, 0.25) is 0 Å². The first-order valence-electron chi connectivity index (χ1n) is 6.62. The van der Waals surface area contributed by atoms with Crippen molar-refractivity contribution in [2.45, 2.75) is 32.7 Å². The molecule has 0 aromatic heterocycles. The quantitative estimate of drug-likeness (QED) is 0.754. The van der Waals surface area contributed by atoms with Gasteiger partial charge in [0, 0.05) is 18.4 Å². The summed E-state index contributed by atoms with van der Waals surface area (Å²) in [5.74, 6) is -2.58. The van der Waals surface area contributed by atoms with E-state index in [1.807, 2.05) is 0 Å². The van der Waals surface area contributed by atoms with E-state index in [0.29, 0.717) is 5.56 Å². The van der Waals surface area contributed by atoms with Gasteiger partial charge in [-0.2, -0.15) is 0 Å². The molecule has 0 saturated heterocycles. The van der Waals surface area contributed by atoms with E-state index in [-0.39, 0.29) is 24.5 Å². The van der Waals surface area contributed by atoms with Crippen molar-refractivity contribution in [2.24, 2.45) is 5.92 Å². The number of carbonyl (C=O) groups excluding carboxylic acids is 2. The van der Waals surface area contributed by atoms with Gasteiger partial charge in [0.1, 0.15) is 11.9 Å². The molecule has 0 fully saturated rings. The van der Waals surface area contributed by atoms with Gasteiger partial charge in [-0.3, -0.25) is 9.59 Å². The summed E-state index contributed by atoms with van der Waals surface area (Å²) < 4.78 is 12.7. The van der Waals surface area contributed by atoms with Gasteiger partial charge < -0.3 is 10.4 Å². The molecule has 1 atom stereocenters. The van der Waals surface area contributed by atoms with Gasteiger partial charge in [0.25, 0.3) is 0 Å². The number of carboxylic acids is 1. The lowest BCUT2D eigenvalue weighted by Gasteiger charge is -2.17. The van der Waals surface area contributed by atoms with Crippen molar-refractivity contribution < 1.29 is 23.9 Å². The molecule has 5 nitrogen and oxygen atoms in total. The van der Waals surface area contributed by atoms with E-state index < -0.39 is 23.7 Å². The van der Waals surface area contributed by atoms with E-state index in [1.165, 1.54) is 24.3 Å². The zero-order valence-corrected chi connectivity index (χ0v) is 11.9. The van der Waals surface area contributed by atoms with Crippen LogP contribution in [0.1, 0.15) is 37.0 Å². The van der Waals surface area contributed by atoms with Gasteiger partial charge >= 0.3 is 5.97 Å². The Morgan fingerprint density at radius 1 is 1.14 bits per heavy atom. The smallest absolute Gasteiger partial charge is 0.326 e. The topological polar surface area (TPSA) is 83.5 Å². The van der Waals surface area contributed by atoms with Crippen LogP contribution < -0.4 is 5.32 Å². The lowest BCUT2D eigenvalue weighted by Crippen LogP contribution is -2.44. The second kappa shape index (κ2) is 7.52. The molecule has 0 aliphatic rings. The van der Waals surface area contributed by atoms with Crippen molar-refractivity contribution in [1.82, 2.24) is 5.32 Å². The molecule has 0 bridgehead atoms. The largest absolute Gasteiger partial charge is 0.480 e. The highest BCUT2D eigenvalue weighted by atomic mass is 19.1. The predicted octanol–water partition coefficient (Wildman–Crippen LogP) is 2.01. The van der Waals surface area contributed by atoms with E-state index in [1.54, 1.807) is 13.8 Å². The Labute approximate surface area is 122 Å². The number of carbonyl (C=O) groups is 3. The average molecular weight is 295 g/mol. The second-order valence-electron chi connectivity index (χ2n) is 5.06. The summed E-state index contributed by atoms with van der Waals surface area (Å²) in [6, 6.07) is 4.07. The maximum Gasteiger partial charge on any atom is 0.326 e. The van der Waals surface area contributed by atoms with Crippen LogP contribution in [0.3, 0.4) is 0 Å². The van der Waals surface area contributed by atoms with Gasteiger partial charge in [0.05, 0.1) is 0 Å². The van der Waals surface area contributed by atoms with Crippen LogP contribution in [0.5, 0.6) is 0 Å². The third kappa shape index (κ3) is 5.33. The van der Waals surface area contributed by atoms with E-state index in [0.717, 1.165) is 0 Å². The second-order valence-corrected chi connectivity index (χ2v) is 5.06. The maximum atomic E-state index is 12.7. The molecule has 6 heteroatoms. The van der Waals surface area contributed by atoms with E-state index in [2.05, 4.69) is 5.32 Å². The molecule has 0 saturated carbocycles. The normalized spacial score (nSPS) is 12.0. The highest BCUT2D eigenvalue weighted by molar-refractivity contribution is 5.98. The molecule has 0 radical (unpaired) electrons. The van der Waals surface area contributed by atoms with E-state index in [9.17, 15) is 18.8 Å². The molecule has 0 spiro atoms. The summed E-state index contributed by atoms with van der Waals surface area (Å²) in [7, 11) is 0. The molecular weight excluding hydrogens is 277 g/mol. The summed E-state index contributed by atoms with van der Waals surface area (Å²) >= 11 is 0. The van der Waals surface area contributed by atoms with Crippen LogP contribution in [-0.4, -0.2) is 28.8 Å². The molecule has 1 rings (SSSR count).